The fourth-order valence-electron chi connectivity index (χ4n) is 0.565. The van der Waals surface area contributed by atoms with Gasteiger partial charge in [0.25, 0.3) is 0 Å². The van der Waals surface area contributed by atoms with Crippen molar-refractivity contribution < 1.29 is 4.84 Å². The summed E-state index contributed by atoms with van der Waals surface area (Å²) >= 11 is 0. The van der Waals surface area contributed by atoms with E-state index in [0.717, 1.165) is 0 Å². The largest absolute Gasteiger partial charge is 0.392 e. The van der Waals surface area contributed by atoms with Crippen molar-refractivity contribution in [3.8, 4) is 0 Å². The van der Waals surface area contributed by atoms with Gasteiger partial charge in [-0.2, -0.15) is 0 Å². The third-order valence-electron chi connectivity index (χ3n) is 1.54. The van der Waals surface area contributed by atoms with Gasteiger partial charge in [0.1, 0.15) is 12.3 Å². The Kier molecular flexibility index (Phi) is 1.18. The monoisotopic (exact) mass is 124 g/mol. The van der Waals surface area contributed by atoms with Crippen molar-refractivity contribution in [2.45, 2.75) is 31.8 Å². The topological polar surface area (TPSA) is 21.6 Å². The minimum atomic E-state index is 0.441. The molecule has 1 radical (unpaired) electrons. The summed E-state index contributed by atoms with van der Waals surface area (Å²) in [7, 11) is 0. The van der Waals surface area contributed by atoms with Crippen LogP contribution in [0.4, 0.5) is 0 Å². The van der Waals surface area contributed by atoms with E-state index in [1.165, 1.54) is 25.7 Å². The smallest absolute Gasteiger partial charge is 0.127 e. The van der Waals surface area contributed by atoms with E-state index in [9.17, 15) is 0 Å². The molecule has 2 nitrogen and oxygen atoms in total. The summed E-state index contributed by atoms with van der Waals surface area (Å²) in [5.74, 6) is 0.628. The predicted molar refractivity (Wildman–Crippen MR) is 34.3 cm³/mol. The average Bonchev–Trinajstić information content (AvgIpc) is 2.57. The maximum Gasteiger partial charge on any atom is 0.127 e. The van der Waals surface area contributed by atoms with Crippen molar-refractivity contribution >= 4 is 6.21 Å². The van der Waals surface area contributed by atoms with E-state index in [-0.39, 0.29) is 0 Å². The van der Waals surface area contributed by atoms with Gasteiger partial charge in [0, 0.05) is 5.92 Å². The molecule has 2 rings (SSSR count). The average molecular weight is 124 g/mol. The van der Waals surface area contributed by atoms with Crippen LogP contribution in [0.1, 0.15) is 25.7 Å². The number of hydrogen-bond acceptors (Lipinski definition) is 2. The van der Waals surface area contributed by atoms with Crippen LogP contribution in [0.25, 0.3) is 0 Å². The Morgan fingerprint density at radius 3 is 2.56 bits per heavy atom. The fraction of sp³-hybridized carbons (Fsp3) is 0.857. The maximum absolute atomic E-state index is 5.02. The van der Waals surface area contributed by atoms with E-state index in [4.69, 9.17) is 4.84 Å². The number of hydrogen-bond donors (Lipinski definition) is 0. The predicted octanol–water partition coefficient (Wildman–Crippen LogP) is 1.44. The standard InChI is InChI=1S/C7H10NO/c1-2-6(1)5-8-9-7-3-4-7/h6-7H,1-4H2. The first-order valence-electron chi connectivity index (χ1n) is 3.56. The highest BCUT2D eigenvalue weighted by atomic mass is 16.6. The normalized spacial score (nSPS) is 27.1. The summed E-state index contributed by atoms with van der Waals surface area (Å²) in [5, 5.41) is 3.75. The molecule has 49 valence electrons. The van der Waals surface area contributed by atoms with Crippen LogP contribution in [0.5, 0.6) is 0 Å². The lowest BCUT2D eigenvalue weighted by atomic mass is 10.5. The molecule has 0 aromatic rings. The van der Waals surface area contributed by atoms with Crippen LogP contribution in [-0.2, 0) is 4.84 Å². The molecule has 0 amide bonds. The van der Waals surface area contributed by atoms with Gasteiger partial charge in [-0.15, -0.1) is 0 Å². The molecular weight excluding hydrogens is 114 g/mol. The van der Waals surface area contributed by atoms with Crippen LogP contribution in [0.2, 0.25) is 0 Å². The molecule has 2 heteroatoms. The first-order chi connectivity index (χ1) is 4.45. The van der Waals surface area contributed by atoms with Crippen molar-refractivity contribution in [1.29, 1.82) is 0 Å². The minimum absolute atomic E-state index is 0.441. The number of rotatable bonds is 3. The Morgan fingerprint density at radius 2 is 2.00 bits per heavy atom. The maximum atomic E-state index is 5.02. The minimum Gasteiger partial charge on any atom is -0.392 e. The van der Waals surface area contributed by atoms with Crippen molar-refractivity contribution in [2.75, 3.05) is 0 Å². The third kappa shape index (κ3) is 1.70. The number of nitrogens with zero attached hydrogens (tertiary/aromatic N) is 1. The molecule has 0 bridgehead atoms. The van der Waals surface area contributed by atoms with Gasteiger partial charge in [0.05, 0.1) is 0 Å². The summed E-state index contributed by atoms with van der Waals surface area (Å²) in [6.07, 6.45) is 8.28. The molecule has 2 fully saturated rings. The van der Waals surface area contributed by atoms with Crippen LogP contribution in [-0.4, -0.2) is 12.3 Å². The summed E-state index contributed by atoms with van der Waals surface area (Å²) in [6.45, 7) is 0. The molecule has 0 atom stereocenters. The molecule has 0 aliphatic heterocycles. The Labute approximate surface area is 54.9 Å². The van der Waals surface area contributed by atoms with E-state index in [2.05, 4.69) is 11.4 Å². The second-order valence-corrected chi connectivity index (χ2v) is 2.80. The summed E-state index contributed by atoms with van der Waals surface area (Å²) in [5.41, 5.74) is 0. The molecular formula is C7H10NO. The Morgan fingerprint density at radius 1 is 1.22 bits per heavy atom. The lowest BCUT2D eigenvalue weighted by Gasteiger charge is -1.88. The van der Waals surface area contributed by atoms with E-state index in [1.54, 1.807) is 0 Å². The van der Waals surface area contributed by atoms with E-state index >= 15 is 0 Å². The van der Waals surface area contributed by atoms with Crippen LogP contribution in [0.3, 0.4) is 0 Å². The molecule has 0 heterocycles. The van der Waals surface area contributed by atoms with Gasteiger partial charge in [-0.05, 0) is 25.7 Å². The highest BCUT2D eigenvalue weighted by molar-refractivity contribution is 5.62. The van der Waals surface area contributed by atoms with Gasteiger partial charge in [0.2, 0.25) is 0 Å². The highest BCUT2D eigenvalue weighted by Gasteiger charge is 2.24. The third-order valence-corrected chi connectivity index (χ3v) is 1.54. The van der Waals surface area contributed by atoms with Crippen molar-refractivity contribution in [1.82, 2.24) is 0 Å². The van der Waals surface area contributed by atoms with Gasteiger partial charge in [-0.3, -0.25) is 0 Å². The lowest BCUT2D eigenvalue weighted by Crippen LogP contribution is -1.85. The molecule has 0 unspecified atom stereocenters. The summed E-state index contributed by atoms with van der Waals surface area (Å²) in [4.78, 5) is 5.02. The molecule has 0 aromatic carbocycles. The first kappa shape index (κ1) is 5.27. The molecule has 0 N–H and O–H groups in total. The molecule has 0 saturated heterocycles. The van der Waals surface area contributed by atoms with E-state index in [0.29, 0.717) is 12.0 Å². The zero-order chi connectivity index (χ0) is 6.10. The molecule has 2 aliphatic carbocycles. The van der Waals surface area contributed by atoms with Gasteiger partial charge >= 0.3 is 0 Å². The van der Waals surface area contributed by atoms with Crippen LogP contribution in [0, 0.1) is 5.92 Å². The van der Waals surface area contributed by atoms with Crippen molar-refractivity contribution in [3.63, 3.8) is 0 Å². The molecule has 2 saturated carbocycles. The van der Waals surface area contributed by atoms with Gasteiger partial charge in [0.15, 0.2) is 0 Å². The second kappa shape index (κ2) is 2.01. The zero-order valence-corrected chi connectivity index (χ0v) is 5.34. The van der Waals surface area contributed by atoms with E-state index < -0.39 is 0 Å². The molecule has 2 aliphatic rings. The van der Waals surface area contributed by atoms with Gasteiger partial charge < -0.3 is 4.84 Å². The Bertz CT molecular complexity index is 125. The van der Waals surface area contributed by atoms with Crippen LogP contribution >= 0.6 is 0 Å². The summed E-state index contributed by atoms with van der Waals surface area (Å²) in [6, 6.07) is 0. The lowest BCUT2D eigenvalue weighted by molar-refractivity contribution is 0.130. The molecule has 0 aromatic heterocycles. The molecule has 9 heavy (non-hydrogen) atoms. The fourth-order valence-corrected chi connectivity index (χ4v) is 0.565. The van der Waals surface area contributed by atoms with E-state index in [1.807, 2.05) is 0 Å². The molecule has 0 spiro atoms. The SMILES string of the molecule is [C](=N\OC1CC1)/C1CC1. The zero-order valence-electron chi connectivity index (χ0n) is 5.34. The van der Waals surface area contributed by atoms with Crippen molar-refractivity contribution in [2.24, 2.45) is 11.1 Å². The van der Waals surface area contributed by atoms with Crippen LogP contribution in [0.15, 0.2) is 5.16 Å². The highest BCUT2D eigenvalue weighted by Crippen LogP contribution is 2.27. The summed E-state index contributed by atoms with van der Waals surface area (Å²) < 4.78 is 0. The van der Waals surface area contributed by atoms with Crippen LogP contribution < -0.4 is 0 Å². The first-order valence-corrected chi connectivity index (χ1v) is 3.56. The van der Waals surface area contributed by atoms with Gasteiger partial charge in [-0.1, -0.05) is 5.16 Å². The van der Waals surface area contributed by atoms with Crippen molar-refractivity contribution in [3.05, 3.63) is 0 Å². The Balaban J connectivity index is 1.62. The second-order valence-electron chi connectivity index (χ2n) is 2.80. The van der Waals surface area contributed by atoms with Gasteiger partial charge in [-0.25, -0.2) is 0 Å². The Hall–Kier alpha value is -0.530. The quantitative estimate of drug-likeness (QED) is 0.412.